The van der Waals surface area contributed by atoms with Crippen molar-refractivity contribution in [1.82, 2.24) is 10.6 Å². The number of halogens is 1. The van der Waals surface area contributed by atoms with Crippen molar-refractivity contribution in [1.29, 1.82) is 0 Å². The van der Waals surface area contributed by atoms with Gasteiger partial charge in [-0.3, -0.25) is 4.99 Å². The molecule has 162 valence electrons. The predicted molar refractivity (Wildman–Crippen MR) is 125 cm³/mol. The molecular formula is C20H36IN3O4. The Bertz CT molecular complexity index is 583. The molecule has 1 aromatic rings. The van der Waals surface area contributed by atoms with E-state index in [0.29, 0.717) is 36.3 Å². The second kappa shape index (κ2) is 15.5. The summed E-state index contributed by atoms with van der Waals surface area (Å²) in [4.78, 5) is 4.23. The minimum absolute atomic E-state index is 0. The van der Waals surface area contributed by atoms with E-state index in [2.05, 4.69) is 29.5 Å². The third-order valence-corrected chi connectivity index (χ3v) is 4.07. The summed E-state index contributed by atoms with van der Waals surface area (Å²) in [5, 5.41) is 6.55. The smallest absolute Gasteiger partial charge is 0.203 e. The molecule has 0 atom stereocenters. The van der Waals surface area contributed by atoms with Gasteiger partial charge in [0.2, 0.25) is 5.75 Å². The monoisotopic (exact) mass is 509 g/mol. The molecule has 0 bridgehead atoms. The first kappa shape index (κ1) is 26.6. The quantitative estimate of drug-likeness (QED) is 0.195. The summed E-state index contributed by atoms with van der Waals surface area (Å²) in [6, 6.07) is 3.87. The maximum atomic E-state index is 5.60. The van der Waals surface area contributed by atoms with E-state index in [4.69, 9.17) is 18.9 Å². The standard InChI is InChI=1S/C20H35N3O4.HI/c1-15(2)10-13-27-14-12-23-20(21-3)22-11-9-16-7-8-17(24-4)19(26-6)18(16)25-5;/h7-8,15H,9-14H2,1-6H3,(H2,21,22,23);1H. The fourth-order valence-corrected chi connectivity index (χ4v) is 2.56. The number of methoxy groups -OCH3 is 3. The van der Waals surface area contributed by atoms with Gasteiger partial charge in [0, 0.05) is 32.3 Å². The van der Waals surface area contributed by atoms with E-state index >= 15 is 0 Å². The van der Waals surface area contributed by atoms with Crippen LogP contribution in [0.4, 0.5) is 0 Å². The molecule has 0 heterocycles. The normalized spacial score (nSPS) is 11.0. The summed E-state index contributed by atoms with van der Waals surface area (Å²) in [6.45, 7) is 7.28. The maximum absolute atomic E-state index is 5.60. The van der Waals surface area contributed by atoms with Crippen molar-refractivity contribution in [2.24, 2.45) is 10.9 Å². The van der Waals surface area contributed by atoms with Crippen LogP contribution in [0, 0.1) is 5.92 Å². The van der Waals surface area contributed by atoms with E-state index in [1.807, 2.05) is 12.1 Å². The Labute approximate surface area is 186 Å². The molecule has 1 aromatic carbocycles. The molecule has 7 nitrogen and oxygen atoms in total. The summed E-state index contributed by atoms with van der Waals surface area (Å²) in [5.41, 5.74) is 1.04. The van der Waals surface area contributed by atoms with Gasteiger partial charge in [0.15, 0.2) is 17.5 Å². The number of ether oxygens (including phenoxy) is 4. The van der Waals surface area contributed by atoms with Crippen LogP contribution in [-0.4, -0.2) is 60.6 Å². The lowest BCUT2D eigenvalue weighted by Gasteiger charge is -2.16. The molecule has 0 aliphatic carbocycles. The van der Waals surface area contributed by atoms with E-state index in [0.717, 1.165) is 37.5 Å². The fourth-order valence-electron chi connectivity index (χ4n) is 2.56. The van der Waals surface area contributed by atoms with Crippen molar-refractivity contribution in [3.05, 3.63) is 17.7 Å². The number of hydrogen-bond donors (Lipinski definition) is 2. The van der Waals surface area contributed by atoms with Crippen molar-refractivity contribution < 1.29 is 18.9 Å². The number of aliphatic imine (C=N–C) groups is 1. The van der Waals surface area contributed by atoms with Crippen molar-refractivity contribution in [3.8, 4) is 17.2 Å². The van der Waals surface area contributed by atoms with Crippen LogP contribution in [0.2, 0.25) is 0 Å². The molecule has 1 rings (SSSR count). The van der Waals surface area contributed by atoms with Gasteiger partial charge in [-0.15, -0.1) is 24.0 Å². The Hall–Kier alpha value is -1.42. The van der Waals surface area contributed by atoms with Gasteiger partial charge in [-0.25, -0.2) is 0 Å². The highest BCUT2D eigenvalue weighted by Crippen LogP contribution is 2.39. The predicted octanol–water partition coefficient (Wildman–Crippen LogP) is 3.10. The molecule has 0 unspecified atom stereocenters. The molecule has 0 aromatic heterocycles. The minimum Gasteiger partial charge on any atom is -0.493 e. The minimum atomic E-state index is 0. The van der Waals surface area contributed by atoms with Crippen molar-refractivity contribution in [3.63, 3.8) is 0 Å². The fraction of sp³-hybridized carbons (Fsp3) is 0.650. The van der Waals surface area contributed by atoms with E-state index in [-0.39, 0.29) is 24.0 Å². The second-order valence-corrected chi connectivity index (χ2v) is 6.46. The summed E-state index contributed by atoms with van der Waals surface area (Å²) in [6.07, 6.45) is 1.84. The highest BCUT2D eigenvalue weighted by molar-refractivity contribution is 14.0. The Balaban J connectivity index is 0.00000729. The van der Waals surface area contributed by atoms with E-state index in [1.165, 1.54) is 0 Å². The van der Waals surface area contributed by atoms with Gasteiger partial charge in [-0.2, -0.15) is 0 Å². The summed E-state index contributed by atoms with van der Waals surface area (Å²) in [5.74, 6) is 3.38. The number of guanidine groups is 1. The lowest BCUT2D eigenvalue weighted by Crippen LogP contribution is -2.39. The number of hydrogen-bond acceptors (Lipinski definition) is 5. The van der Waals surface area contributed by atoms with Gasteiger partial charge in [0.1, 0.15) is 0 Å². The SMILES string of the molecule is CN=C(NCCOCCC(C)C)NCCc1ccc(OC)c(OC)c1OC.I. The molecule has 0 radical (unpaired) electrons. The van der Waals surface area contributed by atoms with E-state index in [9.17, 15) is 0 Å². The van der Waals surface area contributed by atoms with Gasteiger partial charge in [-0.1, -0.05) is 19.9 Å². The van der Waals surface area contributed by atoms with Crippen LogP contribution in [0.15, 0.2) is 17.1 Å². The van der Waals surface area contributed by atoms with Crippen LogP contribution in [0.25, 0.3) is 0 Å². The Kier molecular flexibility index (Phi) is 14.7. The average Bonchev–Trinajstić information content (AvgIpc) is 2.67. The third kappa shape index (κ3) is 9.18. The van der Waals surface area contributed by atoms with Crippen LogP contribution in [0.5, 0.6) is 17.2 Å². The van der Waals surface area contributed by atoms with Crippen LogP contribution < -0.4 is 24.8 Å². The first-order chi connectivity index (χ1) is 13.1. The highest BCUT2D eigenvalue weighted by atomic mass is 127. The molecule has 0 fully saturated rings. The average molecular weight is 509 g/mol. The van der Waals surface area contributed by atoms with Crippen LogP contribution in [0.3, 0.4) is 0 Å². The van der Waals surface area contributed by atoms with Crippen LogP contribution in [-0.2, 0) is 11.2 Å². The molecule has 0 aliphatic rings. The van der Waals surface area contributed by atoms with E-state index in [1.54, 1.807) is 28.4 Å². The molecule has 0 aliphatic heterocycles. The molecule has 8 heteroatoms. The summed E-state index contributed by atoms with van der Waals surface area (Å²) < 4.78 is 21.9. The van der Waals surface area contributed by atoms with Gasteiger partial charge in [0.25, 0.3) is 0 Å². The van der Waals surface area contributed by atoms with Crippen LogP contribution in [0.1, 0.15) is 25.8 Å². The first-order valence-corrected chi connectivity index (χ1v) is 9.37. The summed E-state index contributed by atoms with van der Waals surface area (Å²) >= 11 is 0. The molecule has 0 spiro atoms. The zero-order valence-electron chi connectivity index (χ0n) is 18.0. The lowest BCUT2D eigenvalue weighted by atomic mass is 10.1. The highest BCUT2D eigenvalue weighted by Gasteiger charge is 2.15. The Morgan fingerprint density at radius 3 is 2.21 bits per heavy atom. The zero-order chi connectivity index (χ0) is 20.1. The number of rotatable bonds is 12. The molecule has 0 amide bonds. The van der Waals surface area contributed by atoms with Crippen molar-refractivity contribution >= 4 is 29.9 Å². The summed E-state index contributed by atoms with van der Waals surface area (Å²) in [7, 11) is 6.61. The molecule has 0 saturated heterocycles. The number of benzene rings is 1. The largest absolute Gasteiger partial charge is 0.493 e. The lowest BCUT2D eigenvalue weighted by molar-refractivity contribution is 0.128. The van der Waals surface area contributed by atoms with Crippen molar-refractivity contribution in [2.45, 2.75) is 26.7 Å². The Morgan fingerprint density at radius 2 is 1.64 bits per heavy atom. The molecular weight excluding hydrogens is 473 g/mol. The van der Waals surface area contributed by atoms with Crippen molar-refractivity contribution in [2.75, 3.05) is 54.7 Å². The maximum Gasteiger partial charge on any atom is 0.203 e. The third-order valence-electron chi connectivity index (χ3n) is 4.07. The second-order valence-electron chi connectivity index (χ2n) is 6.46. The van der Waals surface area contributed by atoms with E-state index < -0.39 is 0 Å². The number of nitrogens with zero attached hydrogens (tertiary/aromatic N) is 1. The topological polar surface area (TPSA) is 73.3 Å². The van der Waals surface area contributed by atoms with Gasteiger partial charge >= 0.3 is 0 Å². The van der Waals surface area contributed by atoms with Gasteiger partial charge < -0.3 is 29.6 Å². The Morgan fingerprint density at radius 1 is 0.964 bits per heavy atom. The first-order valence-electron chi connectivity index (χ1n) is 9.37. The van der Waals surface area contributed by atoms with Gasteiger partial charge in [-0.05, 0) is 24.8 Å². The molecule has 2 N–H and O–H groups in total. The van der Waals surface area contributed by atoms with Gasteiger partial charge in [0.05, 0.1) is 27.9 Å². The molecule has 28 heavy (non-hydrogen) atoms. The van der Waals surface area contributed by atoms with Crippen LogP contribution >= 0.6 is 24.0 Å². The number of nitrogens with one attached hydrogen (secondary N) is 2. The molecule has 0 saturated carbocycles. The zero-order valence-corrected chi connectivity index (χ0v) is 20.3.